The van der Waals surface area contributed by atoms with Crippen molar-refractivity contribution in [1.29, 1.82) is 0 Å². The predicted octanol–water partition coefficient (Wildman–Crippen LogP) is 6.42. The van der Waals surface area contributed by atoms with Crippen LogP contribution in [0.2, 0.25) is 0 Å². The molecule has 0 N–H and O–H groups in total. The molecule has 33 heavy (non-hydrogen) atoms. The van der Waals surface area contributed by atoms with E-state index in [2.05, 4.69) is 78.2 Å². The molecule has 1 unspecified atom stereocenters. The Morgan fingerprint density at radius 1 is 1.03 bits per heavy atom. The topological polar surface area (TPSA) is 25.4 Å². The smallest absolute Gasteiger partial charge is 0.119 e. The molecule has 166 valence electrons. The fraction of sp³-hybridized carbons (Fsp3) is 0.300. The average Bonchev–Trinajstić information content (AvgIpc) is 2.89. The molecule has 4 heterocycles. The maximum absolute atomic E-state index is 5.61. The van der Waals surface area contributed by atoms with Gasteiger partial charge >= 0.3 is 0 Å². The van der Waals surface area contributed by atoms with Gasteiger partial charge in [-0.15, -0.1) is 6.58 Å². The maximum Gasteiger partial charge on any atom is 0.119 e. The van der Waals surface area contributed by atoms with Gasteiger partial charge in [-0.25, -0.2) is 0 Å². The number of hydrogen-bond donors (Lipinski definition) is 0. The molecule has 0 saturated carbocycles. The van der Waals surface area contributed by atoms with Gasteiger partial charge in [0.1, 0.15) is 5.75 Å². The van der Waals surface area contributed by atoms with E-state index >= 15 is 0 Å². The van der Waals surface area contributed by atoms with Crippen LogP contribution in [0.1, 0.15) is 29.9 Å². The number of benzene rings is 3. The van der Waals surface area contributed by atoms with Crippen LogP contribution in [0.5, 0.6) is 5.75 Å². The van der Waals surface area contributed by atoms with Crippen molar-refractivity contribution < 1.29 is 4.74 Å². The van der Waals surface area contributed by atoms with Gasteiger partial charge in [-0.1, -0.05) is 48.5 Å². The van der Waals surface area contributed by atoms with Gasteiger partial charge in [0.25, 0.3) is 0 Å². The summed E-state index contributed by atoms with van der Waals surface area (Å²) in [4.78, 5) is 7.42. The molecule has 2 bridgehead atoms. The van der Waals surface area contributed by atoms with Crippen molar-refractivity contribution in [3.8, 4) is 5.75 Å². The van der Waals surface area contributed by atoms with E-state index in [1.54, 1.807) is 7.11 Å². The molecule has 3 aliphatic rings. The lowest BCUT2D eigenvalue weighted by Crippen LogP contribution is -2.55. The number of aromatic nitrogens is 1. The minimum absolute atomic E-state index is 0.266. The van der Waals surface area contributed by atoms with Gasteiger partial charge < -0.3 is 4.74 Å². The average molecular weight is 435 g/mol. The van der Waals surface area contributed by atoms with Crippen molar-refractivity contribution in [3.63, 3.8) is 0 Å². The van der Waals surface area contributed by atoms with Crippen molar-refractivity contribution in [2.45, 2.75) is 24.8 Å². The van der Waals surface area contributed by atoms with E-state index in [-0.39, 0.29) is 5.92 Å². The number of hydrogen-bond acceptors (Lipinski definition) is 3. The number of piperidine rings is 3. The molecule has 3 fully saturated rings. The number of nitrogens with zero attached hydrogens (tertiary/aromatic N) is 2. The lowest BCUT2D eigenvalue weighted by Gasteiger charge is -2.52. The second-order valence-corrected chi connectivity index (χ2v) is 9.58. The van der Waals surface area contributed by atoms with E-state index < -0.39 is 0 Å². The summed E-state index contributed by atoms with van der Waals surface area (Å²) in [5.74, 6) is 2.47. The third-order valence-electron chi connectivity index (χ3n) is 8.01. The molecular formula is C30H30N2O. The molecule has 3 saturated heterocycles. The summed E-state index contributed by atoms with van der Waals surface area (Å²) < 4.78 is 5.61. The van der Waals surface area contributed by atoms with Crippen molar-refractivity contribution in [2.24, 2.45) is 11.8 Å². The normalized spacial score (nSPS) is 25.2. The summed E-state index contributed by atoms with van der Waals surface area (Å²) in [6.07, 6.45) is 6.65. The van der Waals surface area contributed by atoms with E-state index in [1.807, 2.05) is 12.3 Å². The van der Waals surface area contributed by atoms with Crippen molar-refractivity contribution in [1.82, 2.24) is 9.88 Å². The highest BCUT2D eigenvalue weighted by Gasteiger charge is 2.43. The SMILES string of the molecule is C=C[C@H]1CN2CC[C@H]1C[C@H]2[C@@H](c1cccc2ccccc12)c1ccnc2ccc(OC)cc12. The first kappa shape index (κ1) is 20.4. The molecule has 7 rings (SSSR count). The Balaban J connectivity index is 1.58. The van der Waals surface area contributed by atoms with Crippen LogP contribution in [0.15, 0.2) is 85.6 Å². The first-order chi connectivity index (χ1) is 16.3. The number of ether oxygens (including phenoxy) is 1. The van der Waals surface area contributed by atoms with Crippen molar-refractivity contribution in [2.75, 3.05) is 20.2 Å². The summed E-state index contributed by atoms with van der Waals surface area (Å²) in [6, 6.07) is 24.5. The second-order valence-electron chi connectivity index (χ2n) is 9.58. The number of pyridine rings is 1. The van der Waals surface area contributed by atoms with Gasteiger partial charge in [0.15, 0.2) is 0 Å². The first-order valence-corrected chi connectivity index (χ1v) is 12.0. The molecule has 0 aliphatic carbocycles. The predicted molar refractivity (Wildman–Crippen MR) is 136 cm³/mol. The lowest BCUT2D eigenvalue weighted by atomic mass is 9.69. The number of methoxy groups -OCH3 is 1. The van der Waals surface area contributed by atoms with E-state index in [0.717, 1.165) is 23.7 Å². The van der Waals surface area contributed by atoms with E-state index in [4.69, 9.17) is 9.72 Å². The summed E-state index contributed by atoms with van der Waals surface area (Å²) in [6.45, 7) is 6.43. The van der Waals surface area contributed by atoms with Crippen LogP contribution in [0.4, 0.5) is 0 Å². The third kappa shape index (κ3) is 3.43. The van der Waals surface area contributed by atoms with Crippen LogP contribution in [0.3, 0.4) is 0 Å². The van der Waals surface area contributed by atoms with Crippen LogP contribution < -0.4 is 4.74 Å². The molecule has 4 aromatic rings. The first-order valence-electron chi connectivity index (χ1n) is 12.0. The van der Waals surface area contributed by atoms with Gasteiger partial charge in [-0.05, 0) is 77.4 Å². The molecule has 3 aliphatic heterocycles. The quantitative estimate of drug-likeness (QED) is 0.339. The summed E-state index contributed by atoms with van der Waals surface area (Å²) in [5, 5.41) is 3.84. The van der Waals surface area contributed by atoms with Gasteiger partial charge in [-0.2, -0.15) is 0 Å². The van der Waals surface area contributed by atoms with Gasteiger partial charge in [0.2, 0.25) is 0 Å². The van der Waals surface area contributed by atoms with Crippen LogP contribution in [-0.4, -0.2) is 36.1 Å². The Morgan fingerprint density at radius 2 is 1.88 bits per heavy atom. The van der Waals surface area contributed by atoms with Crippen molar-refractivity contribution in [3.05, 3.63) is 96.7 Å². The fourth-order valence-corrected chi connectivity index (χ4v) is 6.37. The molecule has 0 amide bonds. The Labute approximate surface area is 195 Å². The molecule has 3 heteroatoms. The Hall–Kier alpha value is -3.17. The van der Waals surface area contributed by atoms with Gasteiger partial charge in [0.05, 0.1) is 12.6 Å². The second kappa shape index (κ2) is 8.31. The lowest BCUT2D eigenvalue weighted by molar-refractivity contribution is 0.0123. The molecule has 0 radical (unpaired) electrons. The van der Waals surface area contributed by atoms with E-state index in [0.29, 0.717) is 12.0 Å². The highest BCUT2D eigenvalue weighted by molar-refractivity contribution is 5.89. The standard InChI is InChI=1S/C30H30N2O/c1-3-20-19-32-16-14-22(20)17-29(32)30(25-10-6-8-21-7-4-5-9-24(21)25)26-13-15-31-28-12-11-23(33-2)18-27(26)28/h3-13,15,18,20,22,29-30H,1,14,16-17,19H2,2H3/t20-,22-,29-,30-/m0/s1. The highest BCUT2D eigenvalue weighted by atomic mass is 16.5. The Kier molecular flexibility index (Phi) is 5.15. The molecule has 3 aromatic carbocycles. The summed E-state index contributed by atoms with van der Waals surface area (Å²) >= 11 is 0. The zero-order chi connectivity index (χ0) is 22.4. The zero-order valence-corrected chi connectivity index (χ0v) is 19.2. The summed E-state index contributed by atoms with van der Waals surface area (Å²) in [5.41, 5.74) is 3.79. The Bertz CT molecular complexity index is 1320. The molecular weight excluding hydrogens is 404 g/mol. The van der Waals surface area contributed by atoms with Crippen LogP contribution in [0, 0.1) is 11.8 Å². The summed E-state index contributed by atoms with van der Waals surface area (Å²) in [7, 11) is 1.74. The molecule has 0 spiro atoms. The number of rotatable bonds is 5. The third-order valence-corrected chi connectivity index (χ3v) is 8.01. The minimum Gasteiger partial charge on any atom is -0.497 e. The maximum atomic E-state index is 5.61. The highest BCUT2D eigenvalue weighted by Crippen LogP contribution is 2.46. The van der Waals surface area contributed by atoms with Crippen LogP contribution >= 0.6 is 0 Å². The van der Waals surface area contributed by atoms with Crippen LogP contribution in [-0.2, 0) is 0 Å². The van der Waals surface area contributed by atoms with Gasteiger partial charge in [0, 0.05) is 30.1 Å². The van der Waals surface area contributed by atoms with Crippen LogP contribution in [0.25, 0.3) is 21.7 Å². The van der Waals surface area contributed by atoms with E-state index in [9.17, 15) is 0 Å². The monoisotopic (exact) mass is 434 g/mol. The largest absolute Gasteiger partial charge is 0.497 e. The molecule has 3 nitrogen and oxygen atoms in total. The van der Waals surface area contributed by atoms with E-state index in [1.165, 1.54) is 46.7 Å². The van der Waals surface area contributed by atoms with Gasteiger partial charge in [-0.3, -0.25) is 9.88 Å². The minimum atomic E-state index is 0.266. The van der Waals surface area contributed by atoms with Crippen molar-refractivity contribution >= 4 is 21.7 Å². The molecule has 5 atom stereocenters. The fourth-order valence-electron chi connectivity index (χ4n) is 6.37. The Morgan fingerprint density at radius 3 is 2.70 bits per heavy atom. The zero-order valence-electron chi connectivity index (χ0n) is 19.2. The molecule has 1 aromatic heterocycles. The number of fused-ring (bicyclic) bond motifs is 5.